The number of fused-ring (bicyclic) bond motifs is 1. The summed E-state index contributed by atoms with van der Waals surface area (Å²) in [6.45, 7) is 3.99. The van der Waals surface area contributed by atoms with Gasteiger partial charge in [0.1, 0.15) is 0 Å². The second kappa shape index (κ2) is 5.41. The van der Waals surface area contributed by atoms with Crippen molar-refractivity contribution in [2.45, 2.75) is 13.8 Å². The number of nitrogens with one attached hydrogen (secondary N) is 1. The molecule has 1 amide bonds. The van der Waals surface area contributed by atoms with Crippen molar-refractivity contribution in [3.05, 3.63) is 77.4 Å². The molecule has 0 unspecified atom stereocenters. The molecule has 0 aromatic heterocycles. The number of hydrogen-bond donors (Lipinski definition) is 1. The number of benzene rings is 3. The molecule has 0 aliphatic rings. The van der Waals surface area contributed by atoms with E-state index in [0.29, 0.717) is 0 Å². The Morgan fingerprint density at radius 2 is 1.62 bits per heavy atom. The van der Waals surface area contributed by atoms with Gasteiger partial charge in [-0.1, -0.05) is 42.5 Å². The van der Waals surface area contributed by atoms with E-state index >= 15 is 0 Å². The first-order valence-corrected chi connectivity index (χ1v) is 7.01. The van der Waals surface area contributed by atoms with Crippen molar-refractivity contribution in [3.63, 3.8) is 0 Å². The van der Waals surface area contributed by atoms with Crippen LogP contribution in [0.25, 0.3) is 10.8 Å². The molecule has 2 nitrogen and oxygen atoms in total. The van der Waals surface area contributed by atoms with Gasteiger partial charge in [-0.05, 0) is 53.9 Å². The molecular formula is C19H17NO. The predicted molar refractivity (Wildman–Crippen MR) is 87.8 cm³/mol. The van der Waals surface area contributed by atoms with Crippen molar-refractivity contribution < 1.29 is 4.79 Å². The lowest BCUT2D eigenvalue weighted by Crippen LogP contribution is -2.13. The number of rotatable bonds is 2. The van der Waals surface area contributed by atoms with Gasteiger partial charge in [0, 0.05) is 11.3 Å². The van der Waals surface area contributed by atoms with E-state index in [2.05, 4.69) is 11.4 Å². The Bertz CT molecular complexity index is 821. The molecule has 21 heavy (non-hydrogen) atoms. The number of hydrogen-bond acceptors (Lipinski definition) is 1. The van der Waals surface area contributed by atoms with Crippen LogP contribution >= 0.6 is 0 Å². The third-order valence-corrected chi connectivity index (χ3v) is 3.86. The maximum atomic E-state index is 12.4. The third-order valence-electron chi connectivity index (χ3n) is 3.86. The first-order valence-electron chi connectivity index (χ1n) is 7.01. The maximum absolute atomic E-state index is 12.4. The molecule has 3 rings (SSSR count). The highest BCUT2D eigenvalue weighted by Gasteiger charge is 2.10. The Kier molecular flexibility index (Phi) is 3.44. The van der Waals surface area contributed by atoms with E-state index < -0.39 is 0 Å². The number of carbonyl (C=O) groups excluding carboxylic acids is 1. The van der Waals surface area contributed by atoms with Crippen LogP contribution in [-0.4, -0.2) is 5.91 Å². The van der Waals surface area contributed by atoms with Crippen LogP contribution in [0, 0.1) is 13.8 Å². The van der Waals surface area contributed by atoms with Crippen LogP contribution < -0.4 is 5.32 Å². The van der Waals surface area contributed by atoms with Gasteiger partial charge in [-0.15, -0.1) is 0 Å². The molecule has 0 saturated heterocycles. The summed E-state index contributed by atoms with van der Waals surface area (Å²) in [5, 5.41) is 5.27. The zero-order chi connectivity index (χ0) is 14.8. The quantitative estimate of drug-likeness (QED) is 0.721. The van der Waals surface area contributed by atoms with Gasteiger partial charge in [0.25, 0.3) is 5.91 Å². The second-order valence-electron chi connectivity index (χ2n) is 5.26. The molecule has 0 saturated carbocycles. The number of amides is 1. The van der Waals surface area contributed by atoms with Crippen LogP contribution in [0.5, 0.6) is 0 Å². The van der Waals surface area contributed by atoms with Gasteiger partial charge in [0.05, 0.1) is 0 Å². The van der Waals surface area contributed by atoms with Gasteiger partial charge in [-0.25, -0.2) is 0 Å². The highest BCUT2D eigenvalue weighted by molar-refractivity contribution is 6.06. The summed E-state index contributed by atoms with van der Waals surface area (Å²) in [6, 6.07) is 19.9. The molecule has 1 N–H and O–H groups in total. The van der Waals surface area contributed by atoms with Crippen LogP contribution in [-0.2, 0) is 0 Å². The Balaban J connectivity index is 1.91. The van der Waals surface area contributed by atoms with E-state index in [-0.39, 0.29) is 5.91 Å². The molecular weight excluding hydrogens is 258 g/mol. The van der Waals surface area contributed by atoms with Crippen molar-refractivity contribution in [1.82, 2.24) is 0 Å². The average molecular weight is 275 g/mol. The van der Waals surface area contributed by atoms with Crippen molar-refractivity contribution in [3.8, 4) is 0 Å². The highest BCUT2D eigenvalue weighted by atomic mass is 16.1. The van der Waals surface area contributed by atoms with Gasteiger partial charge in [-0.2, -0.15) is 0 Å². The van der Waals surface area contributed by atoms with E-state index in [1.165, 1.54) is 5.39 Å². The molecule has 0 radical (unpaired) electrons. The fourth-order valence-corrected chi connectivity index (χ4v) is 2.46. The lowest BCUT2D eigenvalue weighted by atomic mass is 10.0. The summed E-state index contributed by atoms with van der Waals surface area (Å²) >= 11 is 0. The zero-order valence-corrected chi connectivity index (χ0v) is 12.2. The molecule has 2 heteroatoms. The summed E-state index contributed by atoms with van der Waals surface area (Å²) in [5.41, 5.74) is 3.69. The Hall–Kier alpha value is -2.61. The molecule has 0 aliphatic carbocycles. The van der Waals surface area contributed by atoms with E-state index in [4.69, 9.17) is 0 Å². The number of anilines is 1. The summed E-state index contributed by atoms with van der Waals surface area (Å²) < 4.78 is 0. The minimum absolute atomic E-state index is 0.0634. The Labute approximate surface area is 124 Å². The third kappa shape index (κ3) is 2.65. The summed E-state index contributed by atoms with van der Waals surface area (Å²) in [7, 11) is 0. The van der Waals surface area contributed by atoms with Gasteiger partial charge >= 0.3 is 0 Å². The molecule has 3 aromatic carbocycles. The Morgan fingerprint density at radius 3 is 2.43 bits per heavy atom. The van der Waals surface area contributed by atoms with E-state index in [1.807, 2.05) is 68.4 Å². The van der Waals surface area contributed by atoms with E-state index in [1.54, 1.807) is 0 Å². The van der Waals surface area contributed by atoms with Crippen molar-refractivity contribution in [1.29, 1.82) is 0 Å². The largest absolute Gasteiger partial charge is 0.322 e. The first-order chi connectivity index (χ1) is 10.1. The molecule has 0 atom stereocenters. The van der Waals surface area contributed by atoms with Gasteiger partial charge < -0.3 is 5.32 Å². The fourth-order valence-electron chi connectivity index (χ4n) is 2.46. The normalized spacial score (nSPS) is 10.6. The highest BCUT2D eigenvalue weighted by Crippen LogP contribution is 2.20. The standard InChI is InChI=1S/C19H17NO/c1-13-6-5-9-18(14(13)2)19(21)20-17-11-10-15-7-3-4-8-16(15)12-17/h3-12H,1-2H3,(H,20,21). The summed E-state index contributed by atoms with van der Waals surface area (Å²) in [4.78, 5) is 12.4. The summed E-state index contributed by atoms with van der Waals surface area (Å²) in [6.07, 6.45) is 0. The molecule has 3 aromatic rings. The minimum Gasteiger partial charge on any atom is -0.322 e. The van der Waals surface area contributed by atoms with Crippen molar-refractivity contribution >= 4 is 22.4 Å². The molecule has 0 bridgehead atoms. The summed E-state index contributed by atoms with van der Waals surface area (Å²) in [5.74, 6) is -0.0634. The van der Waals surface area contributed by atoms with Crippen molar-refractivity contribution in [2.75, 3.05) is 5.32 Å². The zero-order valence-electron chi connectivity index (χ0n) is 12.2. The topological polar surface area (TPSA) is 29.1 Å². The van der Waals surface area contributed by atoms with Gasteiger partial charge in [0.2, 0.25) is 0 Å². The van der Waals surface area contributed by atoms with Gasteiger partial charge in [0.15, 0.2) is 0 Å². The van der Waals surface area contributed by atoms with E-state index in [0.717, 1.165) is 27.8 Å². The monoisotopic (exact) mass is 275 g/mol. The molecule has 0 fully saturated rings. The molecule has 0 heterocycles. The molecule has 0 spiro atoms. The molecule has 104 valence electrons. The van der Waals surface area contributed by atoms with Crippen LogP contribution in [0.2, 0.25) is 0 Å². The lowest BCUT2D eigenvalue weighted by molar-refractivity contribution is 0.102. The van der Waals surface area contributed by atoms with Crippen LogP contribution in [0.15, 0.2) is 60.7 Å². The smallest absolute Gasteiger partial charge is 0.255 e. The van der Waals surface area contributed by atoms with Crippen LogP contribution in [0.4, 0.5) is 5.69 Å². The van der Waals surface area contributed by atoms with Crippen molar-refractivity contribution in [2.24, 2.45) is 0 Å². The molecule has 0 aliphatic heterocycles. The maximum Gasteiger partial charge on any atom is 0.255 e. The number of carbonyl (C=O) groups is 1. The first kappa shape index (κ1) is 13.4. The van der Waals surface area contributed by atoms with Gasteiger partial charge in [-0.3, -0.25) is 4.79 Å². The van der Waals surface area contributed by atoms with Crippen LogP contribution in [0.1, 0.15) is 21.5 Å². The average Bonchev–Trinajstić information content (AvgIpc) is 2.50. The Morgan fingerprint density at radius 1 is 0.857 bits per heavy atom. The lowest BCUT2D eigenvalue weighted by Gasteiger charge is -2.10. The second-order valence-corrected chi connectivity index (χ2v) is 5.26. The minimum atomic E-state index is -0.0634. The SMILES string of the molecule is Cc1cccc(C(=O)Nc2ccc3ccccc3c2)c1C. The fraction of sp³-hybridized carbons (Fsp3) is 0.105. The number of aryl methyl sites for hydroxylation is 1. The predicted octanol–water partition coefficient (Wildman–Crippen LogP) is 4.71. The van der Waals surface area contributed by atoms with E-state index in [9.17, 15) is 4.79 Å². The van der Waals surface area contributed by atoms with Crippen LogP contribution in [0.3, 0.4) is 0 Å².